The average Bonchev–Trinajstić information content (AvgIpc) is 2.66. The lowest BCUT2D eigenvalue weighted by atomic mass is 10.2. The van der Waals surface area contributed by atoms with Gasteiger partial charge in [-0.3, -0.25) is 0 Å². The summed E-state index contributed by atoms with van der Waals surface area (Å²) in [5.41, 5.74) is 0. The normalized spacial score (nSPS) is 28.4. The molecule has 2 heterocycles. The molecule has 2 aliphatic rings. The van der Waals surface area contributed by atoms with Crippen LogP contribution < -0.4 is 0 Å². The zero-order chi connectivity index (χ0) is 10.5. The lowest BCUT2D eigenvalue weighted by Gasteiger charge is -2.21. The fraction of sp³-hybridized carbons (Fsp3) is 0.545. The molecule has 1 unspecified atom stereocenters. The number of carbonyl (C=O) groups is 1. The van der Waals surface area contributed by atoms with Crippen molar-refractivity contribution in [3.05, 3.63) is 24.0 Å². The van der Waals surface area contributed by atoms with Crippen molar-refractivity contribution >= 4 is 5.97 Å². The molecule has 2 rings (SSSR count). The van der Waals surface area contributed by atoms with Gasteiger partial charge in [-0.25, -0.2) is 4.79 Å². The van der Waals surface area contributed by atoms with Gasteiger partial charge in [0, 0.05) is 12.7 Å². The van der Waals surface area contributed by atoms with Crippen LogP contribution in [0, 0.1) is 0 Å². The van der Waals surface area contributed by atoms with Gasteiger partial charge in [0.15, 0.2) is 6.29 Å². The molecule has 0 spiro atoms. The largest absolute Gasteiger partial charge is 0.424 e. The molecular weight excluding hydrogens is 196 g/mol. The molecule has 82 valence electrons. The molecule has 2 aliphatic heterocycles. The summed E-state index contributed by atoms with van der Waals surface area (Å²) in [7, 11) is 0. The van der Waals surface area contributed by atoms with Crippen molar-refractivity contribution in [1.29, 1.82) is 0 Å². The maximum Gasteiger partial charge on any atom is 0.336 e. The molecule has 1 atom stereocenters. The molecule has 0 N–H and O–H groups in total. The number of rotatable bonds is 3. The Hall–Kier alpha value is -1.13. The molecular formula is C11H14O4. The summed E-state index contributed by atoms with van der Waals surface area (Å²) < 4.78 is 15.7. The average molecular weight is 210 g/mol. The highest BCUT2D eigenvalue weighted by molar-refractivity contribution is 5.86. The lowest BCUT2D eigenvalue weighted by molar-refractivity contribution is -0.155. The second-order valence-corrected chi connectivity index (χ2v) is 3.49. The van der Waals surface area contributed by atoms with Gasteiger partial charge in [-0.15, -0.1) is 0 Å². The molecule has 0 aromatic carbocycles. The first-order chi connectivity index (χ1) is 7.34. The summed E-state index contributed by atoms with van der Waals surface area (Å²) in [5.74, 6) is 0.228. The summed E-state index contributed by atoms with van der Waals surface area (Å²) in [5, 5.41) is 0. The van der Waals surface area contributed by atoms with Crippen LogP contribution in [0.25, 0.3) is 0 Å². The third-order valence-corrected chi connectivity index (χ3v) is 2.31. The lowest BCUT2D eigenvalue weighted by Crippen LogP contribution is -2.22. The van der Waals surface area contributed by atoms with Crippen molar-refractivity contribution in [3.8, 4) is 0 Å². The van der Waals surface area contributed by atoms with Gasteiger partial charge in [-0.05, 0) is 31.4 Å². The molecule has 0 aromatic heterocycles. The number of cyclic esters (lactones) is 1. The Kier molecular flexibility index (Phi) is 3.53. The highest BCUT2D eigenvalue weighted by Crippen LogP contribution is 2.14. The fourth-order valence-corrected chi connectivity index (χ4v) is 1.52. The minimum Gasteiger partial charge on any atom is -0.424 e. The fourth-order valence-electron chi connectivity index (χ4n) is 1.52. The Morgan fingerprint density at radius 3 is 3.07 bits per heavy atom. The number of hydrogen-bond donors (Lipinski definition) is 0. The molecule has 0 amide bonds. The molecule has 1 saturated heterocycles. The summed E-state index contributed by atoms with van der Waals surface area (Å²) in [6, 6.07) is 0. The third-order valence-electron chi connectivity index (χ3n) is 2.31. The Morgan fingerprint density at radius 2 is 2.40 bits per heavy atom. The summed E-state index contributed by atoms with van der Waals surface area (Å²) in [6.45, 7) is 1.19. The zero-order valence-electron chi connectivity index (χ0n) is 8.48. The summed E-state index contributed by atoms with van der Waals surface area (Å²) >= 11 is 0. The highest BCUT2D eigenvalue weighted by Gasteiger charge is 2.14. The molecule has 0 radical (unpaired) electrons. The molecule has 4 nitrogen and oxygen atoms in total. The van der Waals surface area contributed by atoms with Crippen LogP contribution in [0.15, 0.2) is 24.0 Å². The van der Waals surface area contributed by atoms with Gasteiger partial charge in [0.2, 0.25) is 0 Å². The van der Waals surface area contributed by atoms with Crippen LogP contribution in [-0.2, 0) is 19.0 Å². The molecule has 0 aromatic rings. The van der Waals surface area contributed by atoms with Crippen LogP contribution in [0.2, 0.25) is 0 Å². The first kappa shape index (κ1) is 10.4. The Labute approximate surface area is 88.5 Å². The van der Waals surface area contributed by atoms with Crippen molar-refractivity contribution in [2.24, 2.45) is 0 Å². The molecule has 0 bridgehead atoms. The summed E-state index contributed by atoms with van der Waals surface area (Å²) in [6.07, 6.45) is 7.86. The molecule has 0 aliphatic carbocycles. The first-order valence-electron chi connectivity index (χ1n) is 5.18. The van der Waals surface area contributed by atoms with Gasteiger partial charge in [0.25, 0.3) is 0 Å². The smallest absolute Gasteiger partial charge is 0.336 e. The highest BCUT2D eigenvalue weighted by atomic mass is 16.7. The van der Waals surface area contributed by atoms with E-state index in [1.54, 1.807) is 12.2 Å². The van der Waals surface area contributed by atoms with Crippen LogP contribution in [-0.4, -0.2) is 25.5 Å². The second-order valence-electron chi connectivity index (χ2n) is 3.49. The van der Waals surface area contributed by atoms with E-state index in [0.717, 1.165) is 25.9 Å². The predicted molar refractivity (Wildman–Crippen MR) is 52.9 cm³/mol. The van der Waals surface area contributed by atoms with E-state index in [4.69, 9.17) is 14.2 Å². The quantitative estimate of drug-likeness (QED) is 0.662. The molecule has 15 heavy (non-hydrogen) atoms. The van der Waals surface area contributed by atoms with Gasteiger partial charge in [-0.1, -0.05) is 0 Å². The topological polar surface area (TPSA) is 44.8 Å². The van der Waals surface area contributed by atoms with Gasteiger partial charge in [0.1, 0.15) is 5.76 Å². The predicted octanol–water partition coefficient (Wildman–Crippen LogP) is 1.53. The first-order valence-corrected chi connectivity index (χ1v) is 5.18. The SMILES string of the molecule is O=C1C=C/C(=C/COC2CCCCO2)O1. The Morgan fingerprint density at radius 1 is 1.47 bits per heavy atom. The van der Waals surface area contributed by atoms with E-state index in [-0.39, 0.29) is 12.3 Å². The van der Waals surface area contributed by atoms with Crippen LogP contribution in [0.1, 0.15) is 19.3 Å². The van der Waals surface area contributed by atoms with E-state index in [9.17, 15) is 4.79 Å². The van der Waals surface area contributed by atoms with Crippen LogP contribution in [0.3, 0.4) is 0 Å². The minimum atomic E-state index is -0.324. The standard InChI is InChI=1S/C11H14O4/c12-10-5-4-9(15-10)6-8-14-11-3-1-2-7-13-11/h4-6,11H,1-3,7-8H2/b9-6-. The van der Waals surface area contributed by atoms with E-state index >= 15 is 0 Å². The Balaban J connectivity index is 1.69. The Bertz CT molecular complexity index is 287. The van der Waals surface area contributed by atoms with E-state index in [2.05, 4.69) is 0 Å². The summed E-state index contributed by atoms with van der Waals surface area (Å²) in [4.78, 5) is 10.7. The number of ether oxygens (including phenoxy) is 3. The van der Waals surface area contributed by atoms with E-state index in [1.165, 1.54) is 6.08 Å². The number of allylic oxidation sites excluding steroid dienone is 1. The van der Waals surface area contributed by atoms with Crippen molar-refractivity contribution in [3.63, 3.8) is 0 Å². The zero-order valence-corrected chi connectivity index (χ0v) is 8.48. The number of hydrogen-bond acceptors (Lipinski definition) is 4. The van der Waals surface area contributed by atoms with Gasteiger partial charge < -0.3 is 14.2 Å². The monoisotopic (exact) mass is 210 g/mol. The van der Waals surface area contributed by atoms with E-state index < -0.39 is 0 Å². The van der Waals surface area contributed by atoms with Gasteiger partial charge in [-0.2, -0.15) is 0 Å². The minimum absolute atomic E-state index is 0.100. The maximum absolute atomic E-state index is 10.7. The van der Waals surface area contributed by atoms with Crippen molar-refractivity contribution in [2.45, 2.75) is 25.6 Å². The van der Waals surface area contributed by atoms with Crippen LogP contribution in [0.4, 0.5) is 0 Å². The van der Waals surface area contributed by atoms with Gasteiger partial charge >= 0.3 is 5.97 Å². The van der Waals surface area contributed by atoms with Crippen LogP contribution >= 0.6 is 0 Å². The van der Waals surface area contributed by atoms with Crippen molar-refractivity contribution in [1.82, 2.24) is 0 Å². The molecule has 4 heteroatoms. The van der Waals surface area contributed by atoms with E-state index in [1.807, 2.05) is 0 Å². The number of carbonyl (C=O) groups excluding carboxylic acids is 1. The number of esters is 1. The van der Waals surface area contributed by atoms with Crippen molar-refractivity contribution < 1.29 is 19.0 Å². The maximum atomic E-state index is 10.7. The van der Waals surface area contributed by atoms with E-state index in [0.29, 0.717) is 12.4 Å². The third kappa shape index (κ3) is 3.18. The van der Waals surface area contributed by atoms with Crippen LogP contribution in [0.5, 0.6) is 0 Å². The molecule has 1 fully saturated rings. The second kappa shape index (κ2) is 5.09. The van der Waals surface area contributed by atoms with Gasteiger partial charge in [0.05, 0.1) is 6.61 Å². The molecule has 0 saturated carbocycles. The van der Waals surface area contributed by atoms with Crippen molar-refractivity contribution in [2.75, 3.05) is 13.2 Å².